The number of ether oxygens (including phenoxy) is 2. The summed E-state index contributed by atoms with van der Waals surface area (Å²) in [6.45, 7) is 4.35. The summed E-state index contributed by atoms with van der Waals surface area (Å²) in [7, 11) is 0. The molecular weight excluding hydrogens is 214 g/mol. The average Bonchev–Trinajstić information content (AvgIpc) is 2.16. The molecule has 1 saturated heterocycles. The van der Waals surface area contributed by atoms with Crippen molar-refractivity contribution in [3.8, 4) is 11.5 Å². The third kappa shape index (κ3) is 2.55. The maximum Gasteiger partial charge on any atom is 0.163 e. The SMILES string of the molecule is CCOc1ccc(Cl)cc1OC1CNC1. The van der Waals surface area contributed by atoms with Gasteiger partial charge < -0.3 is 14.8 Å². The summed E-state index contributed by atoms with van der Waals surface area (Å²) < 4.78 is 11.2. The van der Waals surface area contributed by atoms with E-state index < -0.39 is 0 Å². The number of hydrogen-bond acceptors (Lipinski definition) is 3. The topological polar surface area (TPSA) is 30.5 Å². The van der Waals surface area contributed by atoms with Crippen molar-refractivity contribution in [2.75, 3.05) is 19.7 Å². The van der Waals surface area contributed by atoms with Gasteiger partial charge in [0, 0.05) is 24.2 Å². The highest BCUT2D eigenvalue weighted by molar-refractivity contribution is 6.30. The van der Waals surface area contributed by atoms with Gasteiger partial charge in [0.25, 0.3) is 0 Å². The zero-order valence-corrected chi connectivity index (χ0v) is 9.38. The molecular formula is C11H14ClNO2. The summed E-state index contributed by atoms with van der Waals surface area (Å²) in [6, 6.07) is 5.44. The molecule has 0 amide bonds. The van der Waals surface area contributed by atoms with Gasteiger partial charge in [-0.2, -0.15) is 0 Å². The van der Waals surface area contributed by atoms with Crippen LogP contribution in [-0.2, 0) is 0 Å². The van der Waals surface area contributed by atoms with Crippen LogP contribution < -0.4 is 14.8 Å². The van der Waals surface area contributed by atoms with Crippen molar-refractivity contribution in [2.24, 2.45) is 0 Å². The van der Waals surface area contributed by atoms with E-state index in [0.717, 1.165) is 24.6 Å². The molecule has 3 nitrogen and oxygen atoms in total. The van der Waals surface area contributed by atoms with E-state index in [2.05, 4.69) is 5.32 Å². The summed E-state index contributed by atoms with van der Waals surface area (Å²) >= 11 is 5.91. The van der Waals surface area contributed by atoms with E-state index in [1.807, 2.05) is 13.0 Å². The van der Waals surface area contributed by atoms with Crippen LogP contribution in [-0.4, -0.2) is 25.8 Å². The lowest BCUT2D eigenvalue weighted by molar-refractivity contribution is 0.136. The van der Waals surface area contributed by atoms with Gasteiger partial charge >= 0.3 is 0 Å². The fourth-order valence-electron chi connectivity index (χ4n) is 1.37. The van der Waals surface area contributed by atoms with Gasteiger partial charge in [0.2, 0.25) is 0 Å². The van der Waals surface area contributed by atoms with Gasteiger partial charge in [-0.25, -0.2) is 0 Å². The maximum absolute atomic E-state index is 5.91. The van der Waals surface area contributed by atoms with Gasteiger partial charge in [-0.3, -0.25) is 0 Å². The summed E-state index contributed by atoms with van der Waals surface area (Å²) in [5.41, 5.74) is 0. The molecule has 1 aliphatic heterocycles. The van der Waals surface area contributed by atoms with E-state index in [4.69, 9.17) is 21.1 Å². The molecule has 0 aliphatic carbocycles. The number of rotatable bonds is 4. The average molecular weight is 228 g/mol. The van der Waals surface area contributed by atoms with Crippen molar-refractivity contribution in [3.05, 3.63) is 23.2 Å². The first-order valence-corrected chi connectivity index (χ1v) is 5.47. The van der Waals surface area contributed by atoms with Crippen LogP contribution >= 0.6 is 11.6 Å². The van der Waals surface area contributed by atoms with Gasteiger partial charge in [-0.1, -0.05) is 11.6 Å². The molecule has 0 atom stereocenters. The molecule has 1 aliphatic rings. The Morgan fingerprint density at radius 1 is 1.40 bits per heavy atom. The summed E-state index contributed by atoms with van der Waals surface area (Å²) in [6.07, 6.45) is 0.239. The molecule has 1 N–H and O–H groups in total. The minimum atomic E-state index is 0.239. The first-order chi connectivity index (χ1) is 7.29. The van der Waals surface area contributed by atoms with Crippen molar-refractivity contribution < 1.29 is 9.47 Å². The Kier molecular flexibility index (Phi) is 3.34. The van der Waals surface area contributed by atoms with Crippen LogP contribution in [0, 0.1) is 0 Å². The highest BCUT2D eigenvalue weighted by Crippen LogP contribution is 2.31. The van der Waals surface area contributed by atoms with Crippen LogP contribution in [0.25, 0.3) is 0 Å². The molecule has 1 heterocycles. The monoisotopic (exact) mass is 227 g/mol. The van der Waals surface area contributed by atoms with Crippen molar-refractivity contribution in [1.29, 1.82) is 0 Å². The van der Waals surface area contributed by atoms with Crippen molar-refractivity contribution >= 4 is 11.6 Å². The fraction of sp³-hybridized carbons (Fsp3) is 0.455. The number of hydrogen-bond donors (Lipinski definition) is 1. The van der Waals surface area contributed by atoms with Crippen LogP contribution in [0.2, 0.25) is 5.02 Å². The summed E-state index contributed by atoms with van der Waals surface area (Å²) in [5, 5.41) is 3.82. The molecule has 15 heavy (non-hydrogen) atoms. The molecule has 0 radical (unpaired) electrons. The lowest BCUT2D eigenvalue weighted by atomic mass is 10.2. The predicted molar refractivity (Wildman–Crippen MR) is 59.9 cm³/mol. The Hall–Kier alpha value is -0.930. The van der Waals surface area contributed by atoms with Gasteiger partial charge in [-0.05, 0) is 19.1 Å². The van der Waals surface area contributed by atoms with Crippen LogP contribution in [0.4, 0.5) is 0 Å². The van der Waals surface area contributed by atoms with Gasteiger partial charge in [0.1, 0.15) is 6.10 Å². The molecule has 0 aromatic heterocycles. The highest BCUT2D eigenvalue weighted by atomic mass is 35.5. The molecule has 4 heteroatoms. The Balaban J connectivity index is 2.13. The number of benzene rings is 1. The third-order valence-electron chi connectivity index (χ3n) is 2.24. The fourth-order valence-corrected chi connectivity index (χ4v) is 1.54. The van der Waals surface area contributed by atoms with Crippen LogP contribution in [0.5, 0.6) is 11.5 Å². The number of halogens is 1. The second-order valence-corrected chi connectivity index (χ2v) is 3.86. The normalized spacial score (nSPS) is 15.9. The summed E-state index contributed by atoms with van der Waals surface area (Å²) in [4.78, 5) is 0. The molecule has 0 unspecified atom stereocenters. The zero-order valence-electron chi connectivity index (χ0n) is 8.63. The molecule has 1 aromatic carbocycles. The van der Waals surface area contributed by atoms with Crippen LogP contribution in [0.1, 0.15) is 6.92 Å². The van der Waals surface area contributed by atoms with Crippen molar-refractivity contribution in [2.45, 2.75) is 13.0 Å². The van der Waals surface area contributed by atoms with E-state index in [-0.39, 0.29) is 6.10 Å². The van der Waals surface area contributed by atoms with Crippen LogP contribution in [0.3, 0.4) is 0 Å². The molecule has 82 valence electrons. The Labute approximate surface area is 94.3 Å². The van der Waals surface area contributed by atoms with E-state index in [1.54, 1.807) is 12.1 Å². The third-order valence-corrected chi connectivity index (χ3v) is 2.48. The smallest absolute Gasteiger partial charge is 0.163 e. The van der Waals surface area contributed by atoms with E-state index >= 15 is 0 Å². The molecule has 0 bridgehead atoms. The maximum atomic E-state index is 5.91. The van der Waals surface area contributed by atoms with Crippen molar-refractivity contribution in [1.82, 2.24) is 5.32 Å². The lowest BCUT2D eigenvalue weighted by Crippen LogP contribution is -2.50. The van der Waals surface area contributed by atoms with Gasteiger partial charge in [0.05, 0.1) is 6.61 Å². The van der Waals surface area contributed by atoms with Gasteiger partial charge in [0.15, 0.2) is 11.5 Å². The lowest BCUT2D eigenvalue weighted by Gasteiger charge is -2.28. The quantitative estimate of drug-likeness (QED) is 0.855. The molecule has 1 aromatic rings. The van der Waals surface area contributed by atoms with Crippen molar-refractivity contribution in [3.63, 3.8) is 0 Å². The summed E-state index contributed by atoms with van der Waals surface area (Å²) in [5.74, 6) is 1.49. The molecule has 2 rings (SSSR count). The first-order valence-electron chi connectivity index (χ1n) is 5.09. The first kappa shape index (κ1) is 10.6. The standard InChI is InChI=1S/C11H14ClNO2/c1-2-14-10-4-3-8(12)5-11(10)15-9-6-13-7-9/h3-5,9,13H,2,6-7H2,1H3. The second-order valence-electron chi connectivity index (χ2n) is 3.42. The molecule has 0 spiro atoms. The molecule has 0 saturated carbocycles. The zero-order chi connectivity index (χ0) is 10.7. The van der Waals surface area contributed by atoms with Crippen LogP contribution in [0.15, 0.2) is 18.2 Å². The van der Waals surface area contributed by atoms with Gasteiger partial charge in [-0.15, -0.1) is 0 Å². The van der Waals surface area contributed by atoms with E-state index in [1.165, 1.54) is 0 Å². The minimum absolute atomic E-state index is 0.239. The molecule has 1 fully saturated rings. The predicted octanol–water partition coefficient (Wildman–Crippen LogP) is 2.09. The Bertz CT molecular complexity index is 339. The van der Waals surface area contributed by atoms with E-state index in [9.17, 15) is 0 Å². The largest absolute Gasteiger partial charge is 0.490 e. The minimum Gasteiger partial charge on any atom is -0.490 e. The second kappa shape index (κ2) is 4.73. The Morgan fingerprint density at radius 2 is 2.20 bits per heavy atom. The Morgan fingerprint density at radius 3 is 2.80 bits per heavy atom. The highest BCUT2D eigenvalue weighted by Gasteiger charge is 2.20. The van der Waals surface area contributed by atoms with E-state index in [0.29, 0.717) is 11.6 Å². The number of nitrogens with one attached hydrogen (secondary N) is 1.